The summed E-state index contributed by atoms with van der Waals surface area (Å²) in [5.41, 5.74) is 0. The average Bonchev–Trinajstić information content (AvgIpc) is 3.34. The summed E-state index contributed by atoms with van der Waals surface area (Å²) in [6.45, 7) is 4.17. The van der Waals surface area contributed by atoms with Crippen LogP contribution >= 0.6 is 0 Å². The molecule has 1 atom stereocenters. The van der Waals surface area contributed by atoms with Crippen LogP contribution in [-0.2, 0) is 19.1 Å². The molecule has 0 aliphatic heterocycles. The second kappa shape index (κ2) is 59.4. The third kappa shape index (κ3) is 56.7. The summed E-state index contributed by atoms with van der Waals surface area (Å²) in [5.74, 6) is -0.575. The number of aliphatic hydroxyl groups is 1. The Labute approximate surface area is 425 Å². The maximum absolute atomic E-state index is 12.3. The van der Waals surface area contributed by atoms with E-state index in [2.05, 4.69) is 50.3 Å². The molecule has 0 aliphatic rings. The van der Waals surface area contributed by atoms with Gasteiger partial charge in [-0.3, -0.25) is 9.59 Å². The van der Waals surface area contributed by atoms with E-state index >= 15 is 0 Å². The second-order valence-electron chi connectivity index (χ2n) is 20.8. The molecule has 5 heteroatoms. The van der Waals surface area contributed by atoms with Gasteiger partial charge in [-0.05, 0) is 70.6 Å². The quantitative estimate of drug-likeness (QED) is 0.0374. The lowest BCUT2D eigenvalue weighted by atomic mass is 10.0. The zero-order valence-corrected chi connectivity index (χ0v) is 45.9. The Morgan fingerprint density at radius 1 is 0.338 bits per heavy atom. The van der Waals surface area contributed by atoms with Crippen molar-refractivity contribution in [3.8, 4) is 0 Å². The van der Waals surface area contributed by atoms with Crippen molar-refractivity contribution >= 4 is 11.9 Å². The fourth-order valence-electron chi connectivity index (χ4n) is 9.29. The van der Waals surface area contributed by atoms with Gasteiger partial charge in [0, 0.05) is 12.8 Å². The van der Waals surface area contributed by atoms with Crippen LogP contribution in [0.2, 0.25) is 0 Å². The fourth-order valence-corrected chi connectivity index (χ4v) is 9.29. The van der Waals surface area contributed by atoms with E-state index in [0.717, 1.165) is 44.9 Å². The van der Waals surface area contributed by atoms with E-state index in [-0.39, 0.29) is 25.2 Å². The lowest BCUT2D eigenvalue weighted by molar-refractivity contribution is -0.161. The number of allylic oxidation sites excluding steroid dienone is 6. The number of hydrogen-bond donors (Lipinski definition) is 1. The van der Waals surface area contributed by atoms with Gasteiger partial charge in [-0.15, -0.1) is 0 Å². The number of aliphatic hydroxyl groups excluding tert-OH is 1. The first-order valence-corrected chi connectivity index (χ1v) is 30.5. The topological polar surface area (TPSA) is 72.8 Å². The maximum Gasteiger partial charge on any atom is 0.306 e. The lowest BCUT2D eigenvalue weighted by Crippen LogP contribution is -2.28. The first-order valence-electron chi connectivity index (χ1n) is 30.5. The molecule has 0 amide bonds. The number of carbonyl (C=O) groups is 2. The Bertz CT molecular complexity index is 1080. The van der Waals surface area contributed by atoms with Crippen molar-refractivity contribution in [1.82, 2.24) is 0 Å². The van der Waals surface area contributed by atoms with Crippen molar-refractivity contribution in [2.45, 2.75) is 341 Å². The van der Waals surface area contributed by atoms with Gasteiger partial charge < -0.3 is 14.6 Å². The molecular weight excluding hydrogens is 837 g/mol. The van der Waals surface area contributed by atoms with E-state index in [1.54, 1.807) is 0 Å². The predicted octanol–water partition coefficient (Wildman–Crippen LogP) is 20.6. The van der Waals surface area contributed by atoms with E-state index in [1.807, 2.05) is 0 Å². The van der Waals surface area contributed by atoms with Crippen molar-refractivity contribution in [1.29, 1.82) is 0 Å². The van der Waals surface area contributed by atoms with Crippen molar-refractivity contribution in [3.63, 3.8) is 0 Å². The molecule has 0 spiro atoms. The molecule has 0 aromatic carbocycles. The standard InChI is InChI=1S/C63H118O5/c1-3-5-7-9-11-13-15-17-19-21-23-24-25-26-27-28-29-30-31-32-33-34-35-36-37-38-40-42-44-46-48-50-52-54-56-58-63(66)68-61(59-64)60-67-62(65)57-55-53-51-49-47-45-43-41-39-22-20-18-16-14-12-10-8-6-4-2/h15,17-18,20-21,23,61,64H,3-14,16,19,22,24-60H2,1-2H3/b17-15-,20-18-,23-21-. The van der Waals surface area contributed by atoms with Crippen LogP contribution in [0.4, 0.5) is 0 Å². The Morgan fingerprint density at radius 2 is 0.588 bits per heavy atom. The van der Waals surface area contributed by atoms with Crippen LogP contribution in [0.1, 0.15) is 335 Å². The SMILES string of the molecule is CCCCCCC/C=C\C/C=C\CCCCCCCCCCCCCCCCCCCCCCCCCC(=O)OC(CO)COC(=O)CCCCCCCCCCC/C=C\CCCCCCCC. The van der Waals surface area contributed by atoms with Gasteiger partial charge in [0.2, 0.25) is 0 Å². The van der Waals surface area contributed by atoms with Crippen LogP contribution < -0.4 is 0 Å². The first-order chi connectivity index (χ1) is 33.6. The van der Waals surface area contributed by atoms with Crippen molar-refractivity contribution in [2.24, 2.45) is 0 Å². The smallest absolute Gasteiger partial charge is 0.306 e. The van der Waals surface area contributed by atoms with E-state index in [1.165, 1.54) is 263 Å². The largest absolute Gasteiger partial charge is 0.462 e. The number of carbonyl (C=O) groups excluding carboxylic acids is 2. The number of rotatable bonds is 57. The molecule has 1 N–H and O–H groups in total. The summed E-state index contributed by atoms with van der Waals surface area (Å²) in [4.78, 5) is 24.5. The highest BCUT2D eigenvalue weighted by molar-refractivity contribution is 5.70. The molecule has 0 radical (unpaired) electrons. The second-order valence-corrected chi connectivity index (χ2v) is 20.8. The monoisotopic (exact) mass is 955 g/mol. The number of hydrogen-bond acceptors (Lipinski definition) is 5. The molecule has 1 unspecified atom stereocenters. The summed E-state index contributed by atoms with van der Waals surface area (Å²) in [7, 11) is 0. The molecule has 0 rings (SSSR count). The molecule has 0 aromatic heterocycles. The van der Waals surface area contributed by atoms with Crippen LogP contribution in [0, 0.1) is 0 Å². The minimum atomic E-state index is -0.770. The summed E-state index contributed by atoms with van der Waals surface area (Å²) in [6, 6.07) is 0. The predicted molar refractivity (Wildman–Crippen MR) is 298 cm³/mol. The van der Waals surface area contributed by atoms with Crippen LogP contribution in [0.3, 0.4) is 0 Å². The van der Waals surface area contributed by atoms with E-state index in [4.69, 9.17) is 9.47 Å². The van der Waals surface area contributed by atoms with Crippen LogP contribution in [0.5, 0.6) is 0 Å². The molecule has 0 aliphatic carbocycles. The van der Waals surface area contributed by atoms with Gasteiger partial charge in [0.05, 0.1) is 6.61 Å². The van der Waals surface area contributed by atoms with Gasteiger partial charge in [0.25, 0.3) is 0 Å². The fraction of sp³-hybridized carbons (Fsp3) is 0.873. The van der Waals surface area contributed by atoms with Crippen molar-refractivity contribution in [2.75, 3.05) is 13.2 Å². The first kappa shape index (κ1) is 66.1. The zero-order valence-electron chi connectivity index (χ0n) is 45.9. The van der Waals surface area contributed by atoms with Gasteiger partial charge in [-0.1, -0.05) is 288 Å². The molecule has 0 fully saturated rings. The van der Waals surface area contributed by atoms with Crippen molar-refractivity contribution < 1.29 is 24.2 Å². The summed E-state index contributed by atoms with van der Waals surface area (Å²) in [5, 5.41) is 9.66. The molecule has 0 saturated heterocycles. The third-order valence-electron chi connectivity index (χ3n) is 13.9. The van der Waals surface area contributed by atoms with Gasteiger partial charge in [0.1, 0.15) is 6.61 Å². The number of unbranched alkanes of at least 4 members (excludes halogenated alkanes) is 43. The molecule has 0 aromatic rings. The Balaban J connectivity index is 3.40. The highest BCUT2D eigenvalue weighted by Crippen LogP contribution is 2.18. The maximum atomic E-state index is 12.3. The van der Waals surface area contributed by atoms with Gasteiger partial charge in [-0.25, -0.2) is 0 Å². The Hall–Kier alpha value is -1.88. The summed E-state index contributed by atoms with van der Waals surface area (Å²) < 4.78 is 10.7. The molecule has 400 valence electrons. The van der Waals surface area contributed by atoms with E-state index in [9.17, 15) is 14.7 Å². The molecule has 5 nitrogen and oxygen atoms in total. The van der Waals surface area contributed by atoms with E-state index < -0.39 is 6.10 Å². The number of esters is 2. The molecule has 0 saturated carbocycles. The lowest BCUT2D eigenvalue weighted by Gasteiger charge is -2.15. The van der Waals surface area contributed by atoms with Crippen molar-refractivity contribution in [3.05, 3.63) is 36.5 Å². The molecule has 68 heavy (non-hydrogen) atoms. The van der Waals surface area contributed by atoms with Gasteiger partial charge in [-0.2, -0.15) is 0 Å². The molecule has 0 bridgehead atoms. The van der Waals surface area contributed by atoms with Gasteiger partial charge in [0.15, 0.2) is 6.10 Å². The minimum Gasteiger partial charge on any atom is -0.462 e. The Kier molecular flexibility index (Phi) is 57.8. The third-order valence-corrected chi connectivity index (χ3v) is 13.9. The summed E-state index contributed by atoms with van der Waals surface area (Å²) >= 11 is 0. The molecule has 0 heterocycles. The Morgan fingerprint density at radius 3 is 0.882 bits per heavy atom. The van der Waals surface area contributed by atoms with E-state index in [0.29, 0.717) is 12.8 Å². The summed E-state index contributed by atoms with van der Waals surface area (Å²) in [6.07, 6.45) is 77.2. The highest BCUT2D eigenvalue weighted by Gasteiger charge is 2.16. The van der Waals surface area contributed by atoms with Crippen LogP contribution in [0.15, 0.2) is 36.5 Å². The van der Waals surface area contributed by atoms with Crippen LogP contribution in [0.25, 0.3) is 0 Å². The van der Waals surface area contributed by atoms with Crippen LogP contribution in [-0.4, -0.2) is 36.4 Å². The minimum absolute atomic E-state index is 0.0618. The number of ether oxygens (including phenoxy) is 2. The van der Waals surface area contributed by atoms with Gasteiger partial charge >= 0.3 is 11.9 Å². The highest BCUT2D eigenvalue weighted by atomic mass is 16.6. The zero-order chi connectivity index (χ0) is 49.2. The average molecular weight is 956 g/mol. The molecular formula is C63H118O5. The normalized spacial score (nSPS) is 12.3.